The van der Waals surface area contributed by atoms with Gasteiger partial charge >= 0.3 is 0 Å². The molecule has 1 N–H and O–H groups in total. The van der Waals surface area contributed by atoms with Gasteiger partial charge in [0.05, 0.1) is 18.1 Å². The molecular formula is C15H26N2O4S. The van der Waals surface area contributed by atoms with Crippen LogP contribution in [0.1, 0.15) is 43.2 Å². The number of hydrogen-bond donors (Lipinski definition) is 1. The van der Waals surface area contributed by atoms with Crippen LogP contribution in [-0.4, -0.2) is 39.1 Å². The van der Waals surface area contributed by atoms with E-state index in [1.165, 1.54) is 0 Å². The quantitative estimate of drug-likeness (QED) is 0.788. The number of ether oxygens (including phenoxy) is 1. The van der Waals surface area contributed by atoms with Crippen LogP contribution in [0, 0.1) is 19.3 Å². The molecule has 1 aromatic rings. The van der Waals surface area contributed by atoms with Gasteiger partial charge in [0, 0.05) is 24.1 Å². The number of hydrogen-bond acceptors (Lipinski definition) is 5. The highest BCUT2D eigenvalue weighted by atomic mass is 32.2. The predicted octanol–water partition coefficient (Wildman–Crippen LogP) is 1.96. The third kappa shape index (κ3) is 4.08. The second kappa shape index (κ2) is 6.68. The molecule has 22 heavy (non-hydrogen) atoms. The van der Waals surface area contributed by atoms with Gasteiger partial charge in [0.25, 0.3) is 0 Å². The van der Waals surface area contributed by atoms with Crippen LogP contribution in [0.4, 0.5) is 0 Å². The van der Waals surface area contributed by atoms with Gasteiger partial charge in [-0.3, -0.25) is 0 Å². The molecule has 1 heterocycles. The Morgan fingerprint density at radius 1 is 1.41 bits per heavy atom. The summed E-state index contributed by atoms with van der Waals surface area (Å²) >= 11 is 0. The van der Waals surface area contributed by atoms with E-state index in [0.29, 0.717) is 13.0 Å². The molecule has 0 spiro atoms. The monoisotopic (exact) mass is 330 g/mol. The van der Waals surface area contributed by atoms with E-state index in [9.17, 15) is 8.42 Å². The second-order valence-corrected chi connectivity index (χ2v) is 8.33. The van der Waals surface area contributed by atoms with Crippen LogP contribution in [0.3, 0.4) is 0 Å². The molecule has 0 aliphatic heterocycles. The van der Waals surface area contributed by atoms with Crippen molar-refractivity contribution in [2.45, 2.75) is 52.5 Å². The highest BCUT2D eigenvalue weighted by Gasteiger charge is 2.41. The van der Waals surface area contributed by atoms with Crippen LogP contribution in [0.2, 0.25) is 0 Å². The number of methoxy groups -OCH3 is 1. The van der Waals surface area contributed by atoms with Crippen molar-refractivity contribution in [1.29, 1.82) is 0 Å². The van der Waals surface area contributed by atoms with Crippen molar-refractivity contribution in [2.24, 2.45) is 5.41 Å². The first-order chi connectivity index (χ1) is 10.3. The molecule has 1 unspecified atom stereocenters. The molecule has 0 radical (unpaired) electrons. The average molecular weight is 330 g/mol. The molecule has 0 saturated heterocycles. The molecule has 0 aromatic carbocycles. The van der Waals surface area contributed by atoms with Crippen molar-refractivity contribution in [3.8, 4) is 0 Å². The standard InChI is InChI=1S/C15H26N2O4S/c1-11(8-14-12(2)16-21-13(14)3)17-22(18,19)10-15(9-20-4)6-5-7-15/h11,17H,5-10H2,1-4H3. The first-order valence-electron chi connectivity index (χ1n) is 7.68. The first kappa shape index (κ1) is 17.4. The van der Waals surface area contributed by atoms with E-state index in [1.807, 2.05) is 20.8 Å². The highest BCUT2D eigenvalue weighted by molar-refractivity contribution is 7.89. The van der Waals surface area contributed by atoms with E-state index in [0.717, 1.165) is 36.3 Å². The summed E-state index contributed by atoms with van der Waals surface area (Å²) in [7, 11) is -1.71. The molecule has 126 valence electrons. The lowest BCUT2D eigenvalue weighted by atomic mass is 9.71. The van der Waals surface area contributed by atoms with E-state index in [-0.39, 0.29) is 17.2 Å². The fourth-order valence-electron chi connectivity index (χ4n) is 3.21. The van der Waals surface area contributed by atoms with Crippen molar-refractivity contribution >= 4 is 10.0 Å². The van der Waals surface area contributed by atoms with Crippen LogP contribution in [-0.2, 0) is 21.2 Å². The Morgan fingerprint density at radius 3 is 2.55 bits per heavy atom. The summed E-state index contributed by atoms with van der Waals surface area (Å²) < 4.78 is 37.9. The fraction of sp³-hybridized carbons (Fsp3) is 0.800. The first-order valence-corrected chi connectivity index (χ1v) is 9.33. The lowest BCUT2D eigenvalue weighted by Crippen LogP contribution is -2.46. The Morgan fingerprint density at radius 2 is 2.09 bits per heavy atom. The van der Waals surface area contributed by atoms with E-state index < -0.39 is 10.0 Å². The van der Waals surface area contributed by atoms with E-state index >= 15 is 0 Å². The molecule has 6 nitrogen and oxygen atoms in total. The van der Waals surface area contributed by atoms with Crippen molar-refractivity contribution in [1.82, 2.24) is 9.88 Å². The minimum absolute atomic E-state index is 0.139. The second-order valence-electron chi connectivity index (χ2n) is 6.57. The van der Waals surface area contributed by atoms with Gasteiger partial charge in [-0.25, -0.2) is 13.1 Å². The highest BCUT2D eigenvalue weighted by Crippen LogP contribution is 2.42. The number of aromatic nitrogens is 1. The van der Waals surface area contributed by atoms with Gasteiger partial charge in [0.15, 0.2) is 0 Å². The minimum Gasteiger partial charge on any atom is -0.384 e. The van der Waals surface area contributed by atoms with Crippen LogP contribution in [0.5, 0.6) is 0 Å². The van der Waals surface area contributed by atoms with Gasteiger partial charge in [0.1, 0.15) is 5.76 Å². The summed E-state index contributed by atoms with van der Waals surface area (Å²) in [5, 5.41) is 3.90. The van der Waals surface area contributed by atoms with Gasteiger partial charge in [-0.15, -0.1) is 0 Å². The zero-order chi connectivity index (χ0) is 16.4. The number of nitrogens with zero attached hydrogens (tertiary/aromatic N) is 1. The van der Waals surface area contributed by atoms with E-state index in [2.05, 4.69) is 9.88 Å². The normalized spacial score (nSPS) is 18.9. The SMILES string of the molecule is COCC1(CS(=O)(=O)NC(C)Cc2c(C)noc2C)CCC1. The van der Waals surface area contributed by atoms with Gasteiger partial charge in [-0.2, -0.15) is 0 Å². The van der Waals surface area contributed by atoms with Crippen molar-refractivity contribution in [3.05, 3.63) is 17.0 Å². The molecule has 1 atom stereocenters. The lowest BCUT2D eigenvalue weighted by Gasteiger charge is -2.41. The summed E-state index contributed by atoms with van der Waals surface area (Å²) in [5.41, 5.74) is 1.59. The maximum atomic E-state index is 12.4. The van der Waals surface area contributed by atoms with Gasteiger partial charge < -0.3 is 9.26 Å². The molecule has 1 fully saturated rings. The van der Waals surface area contributed by atoms with Crippen molar-refractivity contribution in [2.75, 3.05) is 19.5 Å². The van der Waals surface area contributed by atoms with Gasteiger partial charge in [-0.1, -0.05) is 11.6 Å². The van der Waals surface area contributed by atoms with Crippen molar-refractivity contribution < 1.29 is 17.7 Å². The molecule has 0 amide bonds. The summed E-state index contributed by atoms with van der Waals surface area (Å²) in [5.74, 6) is 0.887. The van der Waals surface area contributed by atoms with Gasteiger partial charge in [0.2, 0.25) is 10.0 Å². The van der Waals surface area contributed by atoms with Crippen LogP contribution in [0.15, 0.2) is 4.52 Å². The molecule has 1 saturated carbocycles. The van der Waals surface area contributed by atoms with Crippen LogP contribution >= 0.6 is 0 Å². The summed E-state index contributed by atoms with van der Waals surface area (Å²) in [4.78, 5) is 0. The molecule has 1 aliphatic carbocycles. The van der Waals surface area contributed by atoms with Crippen LogP contribution < -0.4 is 4.72 Å². The predicted molar refractivity (Wildman–Crippen MR) is 84.2 cm³/mol. The Bertz CT molecular complexity index is 586. The van der Waals surface area contributed by atoms with Crippen molar-refractivity contribution in [3.63, 3.8) is 0 Å². The smallest absolute Gasteiger partial charge is 0.212 e. The zero-order valence-electron chi connectivity index (χ0n) is 13.8. The molecule has 1 aliphatic rings. The molecule has 2 rings (SSSR count). The zero-order valence-corrected chi connectivity index (χ0v) is 14.6. The Hall–Kier alpha value is -0.920. The molecular weight excluding hydrogens is 304 g/mol. The van der Waals surface area contributed by atoms with E-state index in [4.69, 9.17) is 9.26 Å². The van der Waals surface area contributed by atoms with Crippen LogP contribution in [0.25, 0.3) is 0 Å². The van der Waals surface area contributed by atoms with E-state index in [1.54, 1.807) is 7.11 Å². The summed E-state index contributed by atoms with van der Waals surface area (Å²) in [6.45, 7) is 6.09. The largest absolute Gasteiger partial charge is 0.384 e. The Balaban J connectivity index is 1.96. The lowest BCUT2D eigenvalue weighted by molar-refractivity contribution is 0.0355. The number of sulfonamides is 1. The summed E-state index contributed by atoms with van der Waals surface area (Å²) in [6.07, 6.45) is 3.49. The third-order valence-corrected chi connectivity index (χ3v) is 6.19. The number of nitrogens with one attached hydrogen (secondary N) is 1. The third-order valence-electron chi connectivity index (χ3n) is 4.43. The number of rotatable bonds is 8. The molecule has 0 bridgehead atoms. The van der Waals surface area contributed by atoms with Gasteiger partial charge in [-0.05, 0) is 40.0 Å². The Labute approximate surface area is 132 Å². The minimum atomic E-state index is -3.33. The average Bonchev–Trinajstić information content (AvgIpc) is 2.67. The Kier molecular flexibility index (Phi) is 5.29. The maximum Gasteiger partial charge on any atom is 0.212 e. The number of aryl methyl sites for hydroxylation is 2. The molecule has 1 aromatic heterocycles. The molecule has 7 heteroatoms. The topological polar surface area (TPSA) is 81.4 Å². The fourth-order valence-corrected chi connectivity index (χ4v) is 5.16. The summed E-state index contributed by atoms with van der Waals surface area (Å²) in [6, 6.07) is -0.193. The maximum absolute atomic E-state index is 12.4.